The second-order valence-corrected chi connectivity index (χ2v) is 14.3. The van der Waals surface area contributed by atoms with Gasteiger partial charge in [0.05, 0.1) is 24.8 Å². The van der Waals surface area contributed by atoms with Gasteiger partial charge >= 0.3 is 0 Å². The zero-order valence-corrected chi connectivity index (χ0v) is 28.9. The van der Waals surface area contributed by atoms with Crippen molar-refractivity contribution < 1.29 is 31.9 Å². The molecule has 0 aliphatic carbocycles. The topological polar surface area (TPSA) is 105 Å². The summed E-state index contributed by atoms with van der Waals surface area (Å²) in [7, 11) is -1.57. The number of carbonyl (C=O) groups is 2. The Morgan fingerprint density at radius 2 is 1.52 bits per heavy atom. The number of halogens is 1. The minimum Gasteiger partial charge on any atom is -0.497 e. The van der Waals surface area contributed by atoms with Crippen LogP contribution >= 0.6 is 0 Å². The molecule has 11 heteroatoms. The molecule has 0 aromatic heterocycles. The number of rotatable bonds is 13. The average molecular weight is 676 g/mol. The highest BCUT2D eigenvalue weighted by atomic mass is 32.2. The average Bonchev–Trinajstić information content (AvgIpc) is 3.05. The largest absolute Gasteiger partial charge is 0.497 e. The highest BCUT2D eigenvalue weighted by molar-refractivity contribution is 7.92. The Morgan fingerprint density at radius 3 is 2.12 bits per heavy atom. The molecule has 0 spiro atoms. The van der Waals surface area contributed by atoms with E-state index in [2.05, 4.69) is 5.32 Å². The van der Waals surface area contributed by atoms with Crippen molar-refractivity contribution in [2.75, 3.05) is 25.1 Å². The third-order valence-electron chi connectivity index (χ3n) is 7.61. The number of anilines is 1. The Bertz CT molecular complexity index is 1830. The smallest absolute Gasteiger partial charge is 0.264 e. The summed E-state index contributed by atoms with van der Waals surface area (Å²) in [5.74, 6) is -1.27. The number of methoxy groups -OCH3 is 2. The van der Waals surface area contributed by atoms with Crippen LogP contribution in [0.15, 0.2) is 102 Å². The van der Waals surface area contributed by atoms with Gasteiger partial charge < -0.3 is 19.7 Å². The van der Waals surface area contributed by atoms with Gasteiger partial charge in [-0.2, -0.15) is 0 Å². The van der Waals surface area contributed by atoms with E-state index in [4.69, 9.17) is 9.47 Å². The zero-order chi connectivity index (χ0) is 35.1. The molecule has 0 aliphatic rings. The fraction of sp³-hybridized carbons (Fsp3) is 0.297. The molecule has 48 heavy (non-hydrogen) atoms. The Kier molecular flexibility index (Phi) is 11.5. The predicted octanol–water partition coefficient (Wildman–Crippen LogP) is 5.90. The summed E-state index contributed by atoms with van der Waals surface area (Å²) in [6.07, 6.45) is 0.0934. The second-order valence-electron chi connectivity index (χ2n) is 12.4. The minimum absolute atomic E-state index is 0.0513. The summed E-state index contributed by atoms with van der Waals surface area (Å²) in [6, 6.07) is 24.8. The number of nitrogens with zero attached hydrogens (tertiary/aromatic N) is 2. The van der Waals surface area contributed by atoms with Gasteiger partial charge in [-0.3, -0.25) is 13.9 Å². The summed E-state index contributed by atoms with van der Waals surface area (Å²) in [5.41, 5.74) is 1.17. The standard InChI is InChI=1S/C37H42FN3O6S/c1-26-16-19-30(20-17-26)48(44,45)41(32-23-29(46-5)18-21-34(32)47-6)25-35(42)40(24-28-14-10-11-15-31(28)38)33(36(43)39-37(2,3)4)22-27-12-8-7-9-13-27/h7-21,23,33H,22,24-25H2,1-6H3,(H,39,43)/t33-/m1/s1. The van der Waals surface area contributed by atoms with Crippen molar-refractivity contribution in [2.45, 2.75) is 57.1 Å². The number of amides is 2. The number of hydrogen-bond acceptors (Lipinski definition) is 6. The van der Waals surface area contributed by atoms with Crippen LogP contribution < -0.4 is 19.1 Å². The minimum atomic E-state index is -4.40. The Morgan fingerprint density at radius 1 is 0.875 bits per heavy atom. The number of hydrogen-bond donors (Lipinski definition) is 1. The van der Waals surface area contributed by atoms with E-state index in [1.807, 2.05) is 58.0 Å². The third-order valence-corrected chi connectivity index (χ3v) is 9.38. The van der Waals surface area contributed by atoms with Gasteiger partial charge in [0.1, 0.15) is 29.9 Å². The lowest BCUT2D eigenvalue weighted by molar-refractivity contribution is -0.140. The molecule has 0 unspecified atom stereocenters. The maximum Gasteiger partial charge on any atom is 0.264 e. The predicted molar refractivity (Wildman–Crippen MR) is 184 cm³/mol. The lowest BCUT2D eigenvalue weighted by Crippen LogP contribution is -2.56. The molecule has 4 aromatic carbocycles. The van der Waals surface area contributed by atoms with Crippen LogP contribution in [0.3, 0.4) is 0 Å². The van der Waals surface area contributed by atoms with Crippen molar-refractivity contribution >= 4 is 27.5 Å². The first-order valence-electron chi connectivity index (χ1n) is 15.4. The van der Waals surface area contributed by atoms with Gasteiger partial charge in [0.25, 0.3) is 10.0 Å². The summed E-state index contributed by atoms with van der Waals surface area (Å²) in [5, 5.41) is 2.96. The molecule has 0 fully saturated rings. The van der Waals surface area contributed by atoms with E-state index in [0.29, 0.717) is 5.75 Å². The molecular formula is C37H42FN3O6S. The molecule has 0 saturated carbocycles. The van der Waals surface area contributed by atoms with Gasteiger partial charge in [0, 0.05) is 30.1 Å². The molecule has 0 radical (unpaired) electrons. The van der Waals surface area contributed by atoms with Crippen molar-refractivity contribution in [3.8, 4) is 11.5 Å². The molecule has 1 N–H and O–H groups in total. The van der Waals surface area contributed by atoms with Crippen LogP contribution in [0.2, 0.25) is 0 Å². The Labute approximate surface area is 282 Å². The van der Waals surface area contributed by atoms with Crippen LogP contribution in [0.25, 0.3) is 0 Å². The van der Waals surface area contributed by atoms with Gasteiger partial charge in [0.15, 0.2) is 0 Å². The van der Waals surface area contributed by atoms with Crippen LogP contribution in [0.5, 0.6) is 11.5 Å². The fourth-order valence-corrected chi connectivity index (χ4v) is 6.58. The van der Waals surface area contributed by atoms with Gasteiger partial charge in [-0.25, -0.2) is 12.8 Å². The first kappa shape index (κ1) is 35.9. The summed E-state index contributed by atoms with van der Waals surface area (Å²) >= 11 is 0. The van der Waals surface area contributed by atoms with Crippen molar-refractivity contribution in [1.29, 1.82) is 0 Å². The van der Waals surface area contributed by atoms with Crippen molar-refractivity contribution in [3.05, 3.63) is 120 Å². The Hall–Kier alpha value is -4.90. The SMILES string of the molecule is COc1ccc(OC)c(N(CC(=O)N(Cc2ccccc2F)[C@H](Cc2ccccc2)C(=O)NC(C)(C)C)S(=O)(=O)c2ccc(C)cc2)c1. The third kappa shape index (κ3) is 8.92. The summed E-state index contributed by atoms with van der Waals surface area (Å²) in [4.78, 5) is 29.9. The van der Waals surface area contributed by atoms with Crippen LogP contribution in [-0.2, 0) is 32.6 Å². The molecule has 0 saturated heterocycles. The molecule has 2 amide bonds. The van der Waals surface area contributed by atoms with Gasteiger partial charge in [-0.05, 0) is 63.6 Å². The number of sulfonamides is 1. The van der Waals surface area contributed by atoms with Crippen LogP contribution in [-0.4, -0.2) is 57.5 Å². The van der Waals surface area contributed by atoms with E-state index < -0.39 is 45.8 Å². The molecule has 0 bridgehead atoms. The van der Waals surface area contributed by atoms with E-state index >= 15 is 4.39 Å². The lowest BCUT2D eigenvalue weighted by Gasteiger charge is -2.35. The number of carbonyl (C=O) groups excluding carboxylic acids is 2. The fourth-order valence-electron chi connectivity index (χ4n) is 5.16. The molecular weight excluding hydrogens is 633 g/mol. The quantitative estimate of drug-likeness (QED) is 0.189. The molecule has 9 nitrogen and oxygen atoms in total. The number of ether oxygens (including phenoxy) is 2. The first-order valence-corrected chi connectivity index (χ1v) is 16.9. The molecule has 0 heterocycles. The molecule has 4 aromatic rings. The van der Waals surface area contributed by atoms with Crippen molar-refractivity contribution in [1.82, 2.24) is 10.2 Å². The van der Waals surface area contributed by atoms with E-state index in [1.165, 1.54) is 55.5 Å². The Balaban J connectivity index is 1.89. The molecule has 4 rings (SSSR count). The monoisotopic (exact) mass is 675 g/mol. The number of benzene rings is 4. The molecule has 0 aliphatic heterocycles. The van der Waals surface area contributed by atoms with E-state index in [-0.39, 0.29) is 34.9 Å². The number of aryl methyl sites for hydroxylation is 1. The van der Waals surface area contributed by atoms with Crippen molar-refractivity contribution in [2.24, 2.45) is 0 Å². The summed E-state index contributed by atoms with van der Waals surface area (Å²) in [6.45, 7) is 6.25. The van der Waals surface area contributed by atoms with Crippen molar-refractivity contribution in [3.63, 3.8) is 0 Å². The van der Waals surface area contributed by atoms with E-state index in [0.717, 1.165) is 15.4 Å². The van der Waals surface area contributed by atoms with Gasteiger partial charge in [-0.15, -0.1) is 0 Å². The molecule has 1 atom stereocenters. The van der Waals surface area contributed by atoms with E-state index in [9.17, 15) is 18.0 Å². The highest BCUT2D eigenvalue weighted by Gasteiger charge is 2.37. The normalized spacial score (nSPS) is 12.1. The number of nitrogens with one attached hydrogen (secondary N) is 1. The highest BCUT2D eigenvalue weighted by Crippen LogP contribution is 2.36. The van der Waals surface area contributed by atoms with Crippen LogP contribution in [0.4, 0.5) is 10.1 Å². The van der Waals surface area contributed by atoms with Crippen LogP contribution in [0, 0.1) is 12.7 Å². The lowest BCUT2D eigenvalue weighted by atomic mass is 10.0. The van der Waals surface area contributed by atoms with Crippen LogP contribution in [0.1, 0.15) is 37.5 Å². The summed E-state index contributed by atoms with van der Waals surface area (Å²) < 4.78 is 55.8. The van der Waals surface area contributed by atoms with Gasteiger partial charge in [0.2, 0.25) is 11.8 Å². The van der Waals surface area contributed by atoms with Gasteiger partial charge in [-0.1, -0.05) is 66.2 Å². The zero-order valence-electron chi connectivity index (χ0n) is 28.1. The maximum absolute atomic E-state index is 15.2. The van der Waals surface area contributed by atoms with E-state index in [1.54, 1.807) is 30.3 Å². The first-order chi connectivity index (χ1) is 22.7. The maximum atomic E-state index is 15.2. The molecule has 254 valence electrons. The second kappa shape index (κ2) is 15.3.